The number of nitrogens with one attached hydrogen (secondary N) is 1. The molecule has 1 atom stereocenters. The summed E-state index contributed by atoms with van der Waals surface area (Å²) in [6, 6.07) is 24.3. The smallest absolute Gasteiger partial charge is 0.243 e. The molecule has 0 aliphatic heterocycles. The molecule has 1 saturated carbocycles. The molecule has 0 radical (unpaired) electrons. The van der Waals surface area contributed by atoms with E-state index in [0.717, 1.165) is 41.7 Å². The van der Waals surface area contributed by atoms with Crippen LogP contribution in [-0.2, 0) is 22.6 Å². The van der Waals surface area contributed by atoms with Crippen LogP contribution in [0.25, 0.3) is 0 Å². The number of carbonyl (C=O) groups excluding carboxylic acids is 2. The van der Waals surface area contributed by atoms with Crippen LogP contribution >= 0.6 is 35.0 Å². The Morgan fingerprint density at radius 3 is 2.27 bits per heavy atom. The molecule has 0 unspecified atom stereocenters. The normalized spacial score (nSPS) is 14.6. The minimum absolute atomic E-state index is 0.0948. The zero-order valence-corrected chi connectivity index (χ0v) is 23.1. The molecule has 3 aromatic rings. The van der Waals surface area contributed by atoms with Gasteiger partial charge in [-0.25, -0.2) is 0 Å². The third-order valence-electron chi connectivity index (χ3n) is 6.64. The van der Waals surface area contributed by atoms with E-state index in [1.165, 1.54) is 18.2 Å². The average molecular weight is 556 g/mol. The standard InChI is InChI=1S/C30H32Cl2N2O2S/c31-24-14-16-27(17-15-24)37-21-29(35)34(20-23-10-7-11-25(32)18-23)28(19-22-8-3-1-4-9-22)30(36)33-26-12-5-2-6-13-26/h1,3-4,7-11,14-18,26,28H,2,5-6,12-13,19-21H2,(H,33,36)/t28-/m0/s1. The van der Waals surface area contributed by atoms with E-state index in [4.69, 9.17) is 23.2 Å². The molecule has 1 fully saturated rings. The fraction of sp³-hybridized carbons (Fsp3) is 0.333. The SMILES string of the molecule is O=C(NC1CCCCC1)[C@H](Cc1ccccc1)N(Cc1cccc(Cl)c1)C(=O)CSc1ccc(Cl)cc1. The number of thioether (sulfide) groups is 1. The van der Waals surface area contributed by atoms with Gasteiger partial charge < -0.3 is 10.2 Å². The first kappa shape index (κ1) is 27.6. The van der Waals surface area contributed by atoms with Crippen molar-refractivity contribution in [3.05, 3.63) is 100 Å². The number of carbonyl (C=O) groups is 2. The highest BCUT2D eigenvalue weighted by Crippen LogP contribution is 2.24. The van der Waals surface area contributed by atoms with Crippen LogP contribution in [0.5, 0.6) is 0 Å². The topological polar surface area (TPSA) is 49.4 Å². The van der Waals surface area contributed by atoms with Gasteiger partial charge in [-0.2, -0.15) is 0 Å². The van der Waals surface area contributed by atoms with Crippen molar-refractivity contribution in [1.82, 2.24) is 10.2 Å². The molecular formula is C30H32Cl2N2O2S. The first-order valence-electron chi connectivity index (χ1n) is 12.7. The van der Waals surface area contributed by atoms with E-state index < -0.39 is 6.04 Å². The molecule has 4 nitrogen and oxygen atoms in total. The van der Waals surface area contributed by atoms with Crippen molar-refractivity contribution in [1.29, 1.82) is 0 Å². The van der Waals surface area contributed by atoms with Gasteiger partial charge in [-0.05, 0) is 60.4 Å². The second-order valence-electron chi connectivity index (χ2n) is 9.44. The van der Waals surface area contributed by atoms with Gasteiger partial charge in [-0.1, -0.05) is 84.9 Å². The summed E-state index contributed by atoms with van der Waals surface area (Å²) in [5.41, 5.74) is 1.90. The number of hydrogen-bond acceptors (Lipinski definition) is 3. The van der Waals surface area contributed by atoms with Crippen molar-refractivity contribution in [2.75, 3.05) is 5.75 Å². The zero-order chi connectivity index (χ0) is 26.0. The molecule has 4 rings (SSSR count). The second kappa shape index (κ2) is 13.9. The van der Waals surface area contributed by atoms with Gasteiger partial charge in [0, 0.05) is 33.9 Å². The van der Waals surface area contributed by atoms with E-state index in [2.05, 4.69) is 5.32 Å². The molecule has 1 aliphatic rings. The van der Waals surface area contributed by atoms with E-state index in [-0.39, 0.29) is 23.6 Å². The molecule has 194 valence electrons. The quantitative estimate of drug-likeness (QED) is 0.270. The van der Waals surface area contributed by atoms with Crippen LogP contribution in [0.1, 0.15) is 43.2 Å². The van der Waals surface area contributed by atoms with E-state index in [1.54, 1.807) is 4.90 Å². The van der Waals surface area contributed by atoms with E-state index in [1.807, 2.05) is 78.9 Å². The minimum atomic E-state index is -0.637. The Kier molecular flexibility index (Phi) is 10.4. The van der Waals surface area contributed by atoms with Crippen LogP contribution in [-0.4, -0.2) is 34.6 Å². The minimum Gasteiger partial charge on any atom is -0.352 e. The van der Waals surface area contributed by atoms with Gasteiger partial charge in [-0.15, -0.1) is 11.8 Å². The Morgan fingerprint density at radius 1 is 0.865 bits per heavy atom. The van der Waals surface area contributed by atoms with E-state index in [9.17, 15) is 9.59 Å². The number of halogens is 2. The monoisotopic (exact) mass is 554 g/mol. The molecule has 1 aliphatic carbocycles. The summed E-state index contributed by atoms with van der Waals surface area (Å²) >= 11 is 13.7. The predicted octanol–water partition coefficient (Wildman–Crippen LogP) is 7.17. The molecule has 2 amide bonds. The van der Waals surface area contributed by atoms with Gasteiger partial charge in [0.1, 0.15) is 6.04 Å². The fourth-order valence-corrected chi connectivity index (χ4v) is 5.81. The summed E-state index contributed by atoms with van der Waals surface area (Å²) in [5.74, 6) is 0.0202. The van der Waals surface area contributed by atoms with Gasteiger partial charge in [0.05, 0.1) is 5.75 Å². The van der Waals surface area contributed by atoms with Crippen LogP contribution in [0.2, 0.25) is 10.0 Å². The third kappa shape index (κ3) is 8.53. The lowest BCUT2D eigenvalue weighted by atomic mass is 9.94. The molecule has 7 heteroatoms. The Bertz CT molecular complexity index is 1170. The van der Waals surface area contributed by atoms with Gasteiger partial charge >= 0.3 is 0 Å². The first-order valence-corrected chi connectivity index (χ1v) is 14.5. The summed E-state index contributed by atoms with van der Waals surface area (Å²) in [4.78, 5) is 30.2. The van der Waals surface area contributed by atoms with E-state index in [0.29, 0.717) is 23.0 Å². The molecule has 0 saturated heterocycles. The second-order valence-corrected chi connectivity index (χ2v) is 11.4. The average Bonchev–Trinajstić information content (AvgIpc) is 2.91. The van der Waals surface area contributed by atoms with Crippen LogP contribution in [0.4, 0.5) is 0 Å². The summed E-state index contributed by atoms with van der Waals surface area (Å²) in [6.45, 7) is 0.302. The first-order chi connectivity index (χ1) is 18.0. The molecule has 3 aromatic carbocycles. The highest BCUT2D eigenvalue weighted by atomic mass is 35.5. The Balaban J connectivity index is 1.60. The predicted molar refractivity (Wildman–Crippen MR) is 153 cm³/mol. The molecular weight excluding hydrogens is 523 g/mol. The van der Waals surface area contributed by atoms with Crippen molar-refractivity contribution in [2.45, 2.75) is 62.0 Å². The summed E-state index contributed by atoms with van der Waals surface area (Å²) in [5, 5.41) is 4.53. The van der Waals surface area contributed by atoms with Crippen molar-refractivity contribution >= 4 is 46.8 Å². The number of hydrogen-bond donors (Lipinski definition) is 1. The molecule has 0 spiro atoms. The summed E-state index contributed by atoms with van der Waals surface area (Å²) in [6.07, 6.45) is 5.86. The lowest BCUT2D eigenvalue weighted by molar-refractivity contribution is -0.139. The maximum Gasteiger partial charge on any atom is 0.243 e. The largest absolute Gasteiger partial charge is 0.352 e. The van der Waals surface area contributed by atoms with Crippen LogP contribution < -0.4 is 5.32 Å². The molecule has 0 aromatic heterocycles. The van der Waals surface area contributed by atoms with Crippen molar-refractivity contribution in [2.24, 2.45) is 0 Å². The third-order valence-corrected chi connectivity index (χ3v) is 8.12. The summed E-state index contributed by atoms with van der Waals surface area (Å²) in [7, 11) is 0. The molecule has 0 heterocycles. The highest BCUT2D eigenvalue weighted by molar-refractivity contribution is 8.00. The van der Waals surface area contributed by atoms with Crippen LogP contribution in [0, 0.1) is 0 Å². The van der Waals surface area contributed by atoms with Crippen molar-refractivity contribution in [3.8, 4) is 0 Å². The van der Waals surface area contributed by atoms with E-state index >= 15 is 0 Å². The Labute approximate surface area is 233 Å². The van der Waals surface area contributed by atoms with Gasteiger partial charge in [0.25, 0.3) is 0 Å². The van der Waals surface area contributed by atoms with Crippen LogP contribution in [0.3, 0.4) is 0 Å². The maximum absolute atomic E-state index is 13.8. The molecule has 37 heavy (non-hydrogen) atoms. The van der Waals surface area contributed by atoms with Gasteiger partial charge in [-0.3, -0.25) is 9.59 Å². The molecule has 1 N–H and O–H groups in total. The number of rotatable bonds is 10. The lowest BCUT2D eigenvalue weighted by Gasteiger charge is -2.33. The lowest BCUT2D eigenvalue weighted by Crippen LogP contribution is -2.53. The van der Waals surface area contributed by atoms with Gasteiger partial charge in [0.2, 0.25) is 11.8 Å². The zero-order valence-electron chi connectivity index (χ0n) is 20.7. The fourth-order valence-electron chi connectivity index (χ4n) is 4.69. The maximum atomic E-state index is 13.8. The number of benzene rings is 3. The summed E-state index contributed by atoms with van der Waals surface area (Å²) < 4.78 is 0. The van der Waals surface area contributed by atoms with Crippen molar-refractivity contribution < 1.29 is 9.59 Å². The van der Waals surface area contributed by atoms with Crippen molar-refractivity contribution in [3.63, 3.8) is 0 Å². The number of nitrogens with zero attached hydrogens (tertiary/aromatic N) is 1. The molecule has 0 bridgehead atoms. The van der Waals surface area contributed by atoms with Crippen LogP contribution in [0.15, 0.2) is 83.8 Å². The Hall–Kier alpha value is -2.47. The van der Waals surface area contributed by atoms with Gasteiger partial charge in [0.15, 0.2) is 0 Å². The highest BCUT2D eigenvalue weighted by Gasteiger charge is 2.32. The number of amides is 2. The Morgan fingerprint density at radius 2 is 1.57 bits per heavy atom.